The predicted molar refractivity (Wildman–Crippen MR) is 263 cm³/mol. The number of nitrogens with zero attached hydrogens (tertiary/aromatic N) is 8. The van der Waals surface area contributed by atoms with Crippen LogP contribution in [0.5, 0.6) is 11.8 Å². The Kier molecular flexibility index (Phi) is 11.2. The van der Waals surface area contributed by atoms with Crippen LogP contribution in [0.15, 0.2) is 48.7 Å². The van der Waals surface area contributed by atoms with Crippen LogP contribution < -0.4 is 19.9 Å². The molecule has 372 valence electrons. The van der Waals surface area contributed by atoms with E-state index in [4.69, 9.17) is 14.7 Å². The molecule has 17 heteroatoms. The highest BCUT2D eigenvalue weighted by atomic mass is 19.1. The van der Waals surface area contributed by atoms with Crippen molar-refractivity contribution in [3.63, 3.8) is 0 Å². The Balaban J connectivity index is 0.667. The first-order chi connectivity index (χ1) is 34.1. The number of phenolic OH excluding ortho intramolecular Hbond substituents is 1. The summed E-state index contributed by atoms with van der Waals surface area (Å²) < 4.78 is 38.7. The molecule has 2 aromatic heterocycles. The van der Waals surface area contributed by atoms with Gasteiger partial charge in [0.25, 0.3) is 5.91 Å². The number of hydrogen-bond donors (Lipinski definition) is 3. The van der Waals surface area contributed by atoms with Gasteiger partial charge in [0, 0.05) is 107 Å². The van der Waals surface area contributed by atoms with E-state index in [1.807, 2.05) is 24.0 Å². The first-order valence-corrected chi connectivity index (χ1v) is 25.5. The molecule has 2 atom stereocenters. The summed E-state index contributed by atoms with van der Waals surface area (Å²) in [6, 6.07) is 11.4. The number of carbonyl (C=O) groups excluding carboxylic acids is 3. The second-order valence-corrected chi connectivity index (χ2v) is 22.2. The molecule has 12 rings (SSSR count). The molecule has 1 spiro atoms. The van der Waals surface area contributed by atoms with Crippen molar-refractivity contribution in [1.29, 1.82) is 0 Å². The van der Waals surface area contributed by atoms with Crippen molar-refractivity contribution >= 4 is 50.9 Å². The van der Waals surface area contributed by atoms with Crippen LogP contribution in [0.3, 0.4) is 0 Å². The summed E-state index contributed by atoms with van der Waals surface area (Å²) in [6.07, 6.45) is 8.37. The van der Waals surface area contributed by atoms with E-state index < -0.39 is 29.2 Å². The number of fused-ring (bicyclic) bond motifs is 3. The number of hydrogen-bond acceptors (Lipinski definition) is 13. The van der Waals surface area contributed by atoms with Crippen molar-refractivity contribution in [3.8, 4) is 23.0 Å². The van der Waals surface area contributed by atoms with Gasteiger partial charge in [0.1, 0.15) is 34.6 Å². The zero-order valence-corrected chi connectivity index (χ0v) is 40.5. The molecule has 3 N–H and O–H groups in total. The number of anilines is 2. The lowest BCUT2D eigenvalue weighted by molar-refractivity contribution is -0.136. The molecule has 0 unspecified atom stereocenters. The van der Waals surface area contributed by atoms with Gasteiger partial charge in [-0.3, -0.25) is 29.6 Å². The van der Waals surface area contributed by atoms with Crippen LogP contribution in [0.1, 0.15) is 86.7 Å². The molecule has 0 bridgehead atoms. The molecule has 2 aliphatic carbocycles. The highest BCUT2D eigenvalue weighted by Gasteiger charge is 2.55. The molecule has 71 heavy (non-hydrogen) atoms. The molecule has 3 amide bonds. The molecule has 4 saturated heterocycles. The standard InChI is InChI=1S/C54H61F2N9O6/c1-3-37-41(55)8-5-33-20-36(66)21-39(44(33)37)46-45(56)47-40(24-57-46)48(64-14-4-11-52(2,70)27-64)60-51(59-47)71-31-53(12-13-53)28-62-29-54(30-62)22-32(23-54)25-61-15-17-63(18-16-61)35-6-7-38-34(19-35)26-65(50(38)69)42-9-10-43(67)58-49(42)68/h5-8,19-21,24,32,42,66,70H,3-4,9-18,22-23,25-31H2,1-2H3,(H,58,67,68)/t42-,52-/m1/s1. The third-order valence-electron chi connectivity index (χ3n) is 16.7. The maximum absolute atomic E-state index is 17.1. The van der Waals surface area contributed by atoms with Crippen LogP contribution in [-0.2, 0) is 22.6 Å². The van der Waals surface area contributed by atoms with Crippen molar-refractivity contribution in [3.05, 3.63) is 77.0 Å². The number of nitrogens with one attached hydrogen (secondary N) is 1. The van der Waals surface area contributed by atoms with E-state index in [1.54, 1.807) is 24.0 Å². The summed E-state index contributed by atoms with van der Waals surface area (Å²) in [6.45, 7) is 13.3. The van der Waals surface area contributed by atoms with E-state index in [0.717, 1.165) is 82.9 Å². The van der Waals surface area contributed by atoms with Crippen LogP contribution in [0.25, 0.3) is 32.9 Å². The number of ether oxygens (including phenoxy) is 1. The number of aromatic hydroxyl groups is 1. The first kappa shape index (κ1) is 46.1. The SMILES string of the molecule is CCc1c(F)ccc2cc(O)cc(-c3ncc4c(N5CCC[C@@](C)(O)C5)nc(OCC5(CN6CC7(CC(CN8CCN(c9ccc%10c(c9)CN([C@@H]9CCC(=O)NC9=O)C%10=O)CC8)C7)C6)CC5)nc4c3F)c12. The summed E-state index contributed by atoms with van der Waals surface area (Å²) in [5.41, 5.74) is 2.70. The molecule has 5 aromatic rings. The number of halogens is 2. The minimum absolute atomic E-state index is 0.0153. The Morgan fingerprint density at radius 2 is 1.70 bits per heavy atom. The van der Waals surface area contributed by atoms with Crippen LogP contribution in [0.2, 0.25) is 0 Å². The van der Waals surface area contributed by atoms with Crippen LogP contribution >= 0.6 is 0 Å². The summed E-state index contributed by atoms with van der Waals surface area (Å²) in [7, 11) is 0. The number of β-amino-alcohol motifs (C(OH)–C–C–N with tert-alkyl or cyclic N) is 1. The third-order valence-corrected chi connectivity index (χ3v) is 16.7. The molecule has 7 aliphatic rings. The van der Waals surface area contributed by atoms with Crippen LogP contribution in [0.4, 0.5) is 20.3 Å². The highest BCUT2D eigenvalue weighted by Crippen LogP contribution is 2.55. The van der Waals surface area contributed by atoms with E-state index in [9.17, 15) is 24.6 Å². The fraction of sp³-hybridized carbons (Fsp3) is 0.519. The van der Waals surface area contributed by atoms with Crippen molar-refractivity contribution in [2.24, 2.45) is 16.7 Å². The lowest BCUT2D eigenvalue weighted by Crippen LogP contribution is -2.64. The second kappa shape index (κ2) is 17.3. The Bertz CT molecular complexity index is 3000. The quantitative estimate of drug-likeness (QED) is 0.121. The minimum Gasteiger partial charge on any atom is -0.508 e. The molecule has 5 aliphatic heterocycles. The zero-order chi connectivity index (χ0) is 49.0. The van der Waals surface area contributed by atoms with Gasteiger partial charge in [-0.05, 0) is 128 Å². The third kappa shape index (κ3) is 8.50. The van der Waals surface area contributed by atoms with E-state index in [2.05, 4.69) is 31.1 Å². The number of piperidine rings is 2. The Morgan fingerprint density at radius 3 is 2.45 bits per heavy atom. The van der Waals surface area contributed by atoms with Gasteiger partial charge in [-0.25, -0.2) is 8.78 Å². The number of likely N-dealkylation sites (tertiary alicyclic amines) is 1. The average molecular weight is 970 g/mol. The van der Waals surface area contributed by atoms with Crippen molar-refractivity contribution in [2.75, 3.05) is 81.9 Å². The Hall–Kier alpha value is -6.04. The number of pyridine rings is 1. The minimum atomic E-state index is -0.963. The summed E-state index contributed by atoms with van der Waals surface area (Å²) in [5.74, 6) is -0.909. The van der Waals surface area contributed by atoms with Gasteiger partial charge in [-0.2, -0.15) is 9.97 Å². The molecule has 15 nitrogen and oxygen atoms in total. The number of piperazine rings is 1. The molecule has 2 saturated carbocycles. The van der Waals surface area contributed by atoms with E-state index in [1.165, 1.54) is 31.2 Å². The maximum atomic E-state index is 17.1. The predicted octanol–water partition coefficient (Wildman–Crippen LogP) is 6.20. The number of amides is 3. The van der Waals surface area contributed by atoms with Crippen LogP contribution in [-0.4, -0.2) is 141 Å². The number of carbonyl (C=O) groups is 3. The Labute approximate surface area is 411 Å². The number of aryl methyl sites for hydroxylation is 1. The number of benzene rings is 3. The lowest BCUT2D eigenvalue weighted by atomic mass is 9.57. The molecule has 6 fully saturated rings. The first-order valence-electron chi connectivity index (χ1n) is 25.5. The van der Waals surface area contributed by atoms with Crippen molar-refractivity contribution in [2.45, 2.75) is 89.8 Å². The van der Waals surface area contributed by atoms with Gasteiger partial charge >= 0.3 is 6.01 Å². The summed E-state index contributed by atoms with van der Waals surface area (Å²) >= 11 is 0. The lowest BCUT2D eigenvalue weighted by Gasteiger charge is -2.60. The monoisotopic (exact) mass is 969 g/mol. The van der Waals surface area contributed by atoms with Gasteiger partial charge in [0.2, 0.25) is 11.8 Å². The van der Waals surface area contributed by atoms with Crippen LogP contribution in [0, 0.1) is 28.4 Å². The Morgan fingerprint density at radius 1 is 0.901 bits per heavy atom. The topological polar surface area (TPSA) is 168 Å². The van der Waals surface area contributed by atoms with Gasteiger partial charge in [-0.1, -0.05) is 13.0 Å². The highest BCUT2D eigenvalue weighted by molar-refractivity contribution is 6.06. The van der Waals surface area contributed by atoms with Crippen molar-refractivity contribution < 1.29 is 38.1 Å². The van der Waals surface area contributed by atoms with Gasteiger partial charge < -0.3 is 34.5 Å². The van der Waals surface area contributed by atoms with E-state index >= 15 is 8.78 Å². The van der Waals surface area contributed by atoms with Gasteiger partial charge in [0.05, 0.1) is 17.6 Å². The van der Waals surface area contributed by atoms with E-state index in [-0.39, 0.29) is 52.2 Å². The number of imide groups is 1. The number of aromatic nitrogens is 3. The maximum Gasteiger partial charge on any atom is 0.319 e. The number of aliphatic hydroxyl groups is 1. The summed E-state index contributed by atoms with van der Waals surface area (Å²) in [4.78, 5) is 62.7. The van der Waals surface area contributed by atoms with Crippen molar-refractivity contribution in [1.82, 2.24) is 35.0 Å². The largest absolute Gasteiger partial charge is 0.508 e. The fourth-order valence-corrected chi connectivity index (χ4v) is 13.0. The fourth-order valence-electron chi connectivity index (χ4n) is 13.0. The molecular formula is C54H61F2N9O6. The van der Waals surface area contributed by atoms with E-state index in [0.29, 0.717) is 89.9 Å². The van der Waals surface area contributed by atoms with Gasteiger partial charge in [-0.15, -0.1) is 0 Å². The molecular weight excluding hydrogens is 909 g/mol. The molecule has 0 radical (unpaired) electrons. The number of phenols is 1. The second-order valence-electron chi connectivity index (χ2n) is 22.2. The molecule has 7 heterocycles. The summed E-state index contributed by atoms with van der Waals surface area (Å²) in [5, 5.41) is 25.7. The smallest absolute Gasteiger partial charge is 0.319 e. The zero-order valence-electron chi connectivity index (χ0n) is 40.5. The average Bonchev–Trinajstić information content (AvgIpc) is 4.02. The normalized spacial score (nSPS) is 24.4. The molecule has 3 aromatic carbocycles. The number of rotatable bonds is 12. The van der Waals surface area contributed by atoms with Gasteiger partial charge in [0.15, 0.2) is 5.82 Å².